The second kappa shape index (κ2) is 6.19. The van der Waals surface area contributed by atoms with Gasteiger partial charge in [0.05, 0.1) is 18.2 Å². The van der Waals surface area contributed by atoms with Crippen LogP contribution in [0.4, 0.5) is 0 Å². The second-order valence-corrected chi connectivity index (χ2v) is 5.72. The van der Waals surface area contributed by atoms with Crippen molar-refractivity contribution in [1.82, 2.24) is 9.78 Å². The van der Waals surface area contributed by atoms with Gasteiger partial charge in [-0.25, -0.2) is 4.79 Å². The van der Waals surface area contributed by atoms with Crippen LogP contribution in [-0.4, -0.2) is 35.6 Å². The number of nitrogens with zero attached hydrogens (tertiary/aromatic N) is 2. The van der Waals surface area contributed by atoms with E-state index in [9.17, 15) is 4.79 Å². The first-order chi connectivity index (χ1) is 8.75. The third kappa shape index (κ3) is 4.35. The van der Waals surface area contributed by atoms with Crippen LogP contribution in [0.25, 0.3) is 0 Å². The molecular weight excluding hydrogens is 244 g/mol. The molecule has 1 unspecified atom stereocenters. The SMILES string of the molecule is COC(C)CCOC(=O)c1cc(C)n(C(C)(C)C)n1. The molecule has 1 heterocycles. The van der Waals surface area contributed by atoms with Crippen LogP contribution in [0, 0.1) is 6.92 Å². The Bertz CT molecular complexity index is 432. The van der Waals surface area contributed by atoms with Crippen molar-refractivity contribution in [1.29, 1.82) is 0 Å². The first-order valence-corrected chi connectivity index (χ1v) is 6.52. The normalized spacial score (nSPS) is 13.4. The van der Waals surface area contributed by atoms with Gasteiger partial charge in [-0.3, -0.25) is 4.68 Å². The van der Waals surface area contributed by atoms with E-state index >= 15 is 0 Å². The minimum absolute atomic E-state index is 0.0849. The molecule has 1 atom stereocenters. The number of esters is 1. The van der Waals surface area contributed by atoms with Gasteiger partial charge in [-0.15, -0.1) is 0 Å². The van der Waals surface area contributed by atoms with E-state index < -0.39 is 0 Å². The zero-order chi connectivity index (χ0) is 14.6. The van der Waals surface area contributed by atoms with Gasteiger partial charge in [0.2, 0.25) is 0 Å². The van der Waals surface area contributed by atoms with E-state index in [0.29, 0.717) is 18.7 Å². The lowest BCUT2D eigenvalue weighted by atomic mass is 10.1. The molecule has 0 amide bonds. The quantitative estimate of drug-likeness (QED) is 0.770. The molecule has 0 N–H and O–H groups in total. The summed E-state index contributed by atoms with van der Waals surface area (Å²) in [5, 5.41) is 4.31. The highest BCUT2D eigenvalue weighted by molar-refractivity contribution is 5.87. The van der Waals surface area contributed by atoms with Crippen LogP contribution in [0.3, 0.4) is 0 Å². The number of hydrogen-bond acceptors (Lipinski definition) is 4. The molecule has 1 rings (SSSR count). The van der Waals surface area contributed by atoms with Crippen molar-refractivity contribution < 1.29 is 14.3 Å². The predicted octanol–water partition coefficient (Wildman–Crippen LogP) is 2.53. The average molecular weight is 268 g/mol. The molecule has 0 bridgehead atoms. The van der Waals surface area contributed by atoms with Gasteiger partial charge in [0.25, 0.3) is 0 Å². The second-order valence-electron chi connectivity index (χ2n) is 5.72. The molecule has 0 saturated carbocycles. The molecule has 0 aliphatic rings. The number of carbonyl (C=O) groups excluding carboxylic acids is 1. The van der Waals surface area contributed by atoms with E-state index in [1.807, 2.05) is 39.3 Å². The Labute approximate surface area is 114 Å². The number of carbonyl (C=O) groups is 1. The molecule has 108 valence electrons. The van der Waals surface area contributed by atoms with Crippen LogP contribution in [0.5, 0.6) is 0 Å². The Hall–Kier alpha value is -1.36. The van der Waals surface area contributed by atoms with E-state index in [0.717, 1.165) is 5.69 Å². The Kier molecular flexibility index (Phi) is 5.11. The van der Waals surface area contributed by atoms with Crippen molar-refractivity contribution in [2.24, 2.45) is 0 Å². The minimum atomic E-state index is -0.380. The zero-order valence-electron chi connectivity index (χ0n) is 12.7. The van der Waals surface area contributed by atoms with Crippen LogP contribution >= 0.6 is 0 Å². The topological polar surface area (TPSA) is 53.4 Å². The van der Waals surface area contributed by atoms with E-state index in [4.69, 9.17) is 9.47 Å². The highest BCUT2D eigenvalue weighted by Crippen LogP contribution is 2.17. The van der Waals surface area contributed by atoms with Crippen molar-refractivity contribution in [2.75, 3.05) is 13.7 Å². The summed E-state index contributed by atoms with van der Waals surface area (Å²) in [5.74, 6) is -0.380. The molecule has 1 aromatic rings. The number of hydrogen-bond donors (Lipinski definition) is 0. The summed E-state index contributed by atoms with van der Waals surface area (Å²) in [6.45, 7) is 10.3. The van der Waals surface area contributed by atoms with Gasteiger partial charge >= 0.3 is 5.97 Å². The molecule has 0 saturated heterocycles. The number of ether oxygens (including phenoxy) is 2. The first-order valence-electron chi connectivity index (χ1n) is 6.52. The minimum Gasteiger partial charge on any atom is -0.461 e. The number of methoxy groups -OCH3 is 1. The van der Waals surface area contributed by atoms with Crippen LogP contribution < -0.4 is 0 Å². The highest BCUT2D eigenvalue weighted by atomic mass is 16.5. The number of rotatable bonds is 5. The predicted molar refractivity (Wildman–Crippen MR) is 73.3 cm³/mol. The monoisotopic (exact) mass is 268 g/mol. The van der Waals surface area contributed by atoms with Gasteiger partial charge in [0.1, 0.15) is 0 Å². The zero-order valence-corrected chi connectivity index (χ0v) is 12.7. The first kappa shape index (κ1) is 15.7. The molecule has 0 spiro atoms. The lowest BCUT2D eigenvalue weighted by molar-refractivity contribution is 0.0383. The fourth-order valence-electron chi connectivity index (χ4n) is 1.76. The fourth-order valence-corrected chi connectivity index (χ4v) is 1.76. The molecule has 0 fully saturated rings. The third-order valence-electron chi connectivity index (χ3n) is 2.89. The van der Waals surface area contributed by atoms with Crippen molar-refractivity contribution in [3.05, 3.63) is 17.5 Å². The van der Waals surface area contributed by atoms with Crippen molar-refractivity contribution in [3.63, 3.8) is 0 Å². The van der Waals surface area contributed by atoms with Gasteiger partial charge in [-0.2, -0.15) is 5.10 Å². The van der Waals surface area contributed by atoms with E-state index in [-0.39, 0.29) is 17.6 Å². The van der Waals surface area contributed by atoms with Gasteiger partial charge in [-0.1, -0.05) is 0 Å². The summed E-state index contributed by atoms with van der Waals surface area (Å²) in [7, 11) is 1.64. The smallest absolute Gasteiger partial charge is 0.358 e. The third-order valence-corrected chi connectivity index (χ3v) is 2.89. The summed E-state index contributed by atoms with van der Waals surface area (Å²) < 4.78 is 12.1. The van der Waals surface area contributed by atoms with Crippen LogP contribution in [0.15, 0.2) is 6.07 Å². The van der Waals surface area contributed by atoms with E-state index in [1.54, 1.807) is 13.2 Å². The van der Waals surface area contributed by atoms with Gasteiger partial charge in [-0.05, 0) is 40.7 Å². The Morgan fingerprint density at radius 1 is 1.47 bits per heavy atom. The van der Waals surface area contributed by atoms with Crippen molar-refractivity contribution in [2.45, 2.75) is 52.7 Å². The summed E-state index contributed by atoms with van der Waals surface area (Å²) in [6.07, 6.45) is 0.767. The summed E-state index contributed by atoms with van der Waals surface area (Å²) in [4.78, 5) is 11.9. The van der Waals surface area contributed by atoms with Crippen molar-refractivity contribution >= 4 is 5.97 Å². The number of aromatic nitrogens is 2. The fraction of sp³-hybridized carbons (Fsp3) is 0.714. The van der Waals surface area contributed by atoms with Crippen LogP contribution in [0.2, 0.25) is 0 Å². The average Bonchev–Trinajstić information content (AvgIpc) is 2.70. The van der Waals surface area contributed by atoms with Gasteiger partial charge in [0.15, 0.2) is 5.69 Å². The maximum absolute atomic E-state index is 11.9. The van der Waals surface area contributed by atoms with Crippen molar-refractivity contribution in [3.8, 4) is 0 Å². The molecule has 1 aromatic heterocycles. The largest absolute Gasteiger partial charge is 0.461 e. The molecule has 5 heteroatoms. The highest BCUT2D eigenvalue weighted by Gasteiger charge is 2.20. The van der Waals surface area contributed by atoms with E-state index in [2.05, 4.69) is 5.10 Å². The molecule has 0 aliphatic heterocycles. The van der Waals surface area contributed by atoms with Crippen LogP contribution in [-0.2, 0) is 15.0 Å². The molecule has 0 aromatic carbocycles. The standard InChI is InChI=1S/C14H24N2O3/c1-10-9-12(15-16(10)14(3,4)5)13(17)19-8-7-11(2)18-6/h9,11H,7-8H2,1-6H3. The Balaban J connectivity index is 2.64. The lowest BCUT2D eigenvalue weighted by Gasteiger charge is -2.21. The van der Waals surface area contributed by atoms with Crippen LogP contribution in [0.1, 0.15) is 50.3 Å². The summed E-state index contributed by atoms with van der Waals surface area (Å²) >= 11 is 0. The lowest BCUT2D eigenvalue weighted by Crippen LogP contribution is -2.24. The summed E-state index contributed by atoms with van der Waals surface area (Å²) in [5.41, 5.74) is 1.16. The summed E-state index contributed by atoms with van der Waals surface area (Å²) in [6, 6.07) is 1.76. The van der Waals surface area contributed by atoms with Gasteiger partial charge < -0.3 is 9.47 Å². The molecule has 0 aliphatic carbocycles. The molecule has 19 heavy (non-hydrogen) atoms. The van der Waals surface area contributed by atoms with Gasteiger partial charge in [0, 0.05) is 19.2 Å². The molecular formula is C14H24N2O3. The van der Waals surface area contributed by atoms with E-state index in [1.165, 1.54) is 0 Å². The maximum atomic E-state index is 11.9. The Morgan fingerprint density at radius 3 is 2.58 bits per heavy atom. The maximum Gasteiger partial charge on any atom is 0.358 e. The molecule has 5 nitrogen and oxygen atoms in total. The molecule has 0 radical (unpaired) electrons. The Morgan fingerprint density at radius 2 is 2.11 bits per heavy atom. The number of aryl methyl sites for hydroxylation is 1.